The summed E-state index contributed by atoms with van der Waals surface area (Å²) in [5.74, 6) is 1.25. The molecule has 0 unspecified atom stereocenters. The molecule has 7 heteroatoms. The number of benzene rings is 1. The molecule has 1 saturated heterocycles. The molecule has 3 N–H and O–H groups in total. The van der Waals surface area contributed by atoms with Gasteiger partial charge in [-0.3, -0.25) is 9.80 Å². The normalized spacial score (nSPS) is 18.5. The van der Waals surface area contributed by atoms with Gasteiger partial charge in [0.15, 0.2) is 0 Å². The average molecular weight is 371 g/mol. The monoisotopic (exact) mass is 371 g/mol. The van der Waals surface area contributed by atoms with E-state index in [1.807, 2.05) is 19.1 Å². The van der Waals surface area contributed by atoms with Crippen molar-refractivity contribution in [2.45, 2.75) is 32.5 Å². The Hall–Kier alpha value is -2.22. The number of nitrogens with zero attached hydrogens (tertiary/aromatic N) is 4. The van der Waals surface area contributed by atoms with Crippen molar-refractivity contribution in [3.63, 3.8) is 0 Å². The van der Waals surface area contributed by atoms with Gasteiger partial charge < -0.3 is 15.6 Å². The minimum Gasteiger partial charge on any atom is -0.494 e. The van der Waals surface area contributed by atoms with Crippen LogP contribution in [0.2, 0.25) is 0 Å². The van der Waals surface area contributed by atoms with Crippen molar-refractivity contribution in [3.8, 4) is 5.75 Å². The molecule has 146 valence electrons. The molecule has 0 spiro atoms. The van der Waals surface area contributed by atoms with Crippen LogP contribution in [0.1, 0.15) is 24.5 Å². The second kappa shape index (κ2) is 9.64. The van der Waals surface area contributed by atoms with Crippen molar-refractivity contribution in [1.82, 2.24) is 19.8 Å². The third kappa shape index (κ3) is 5.38. The molecule has 27 heavy (non-hydrogen) atoms. The molecule has 1 aromatic heterocycles. The Bertz CT molecular complexity index is 710. The number of nitrogen functional groups attached to an aromatic ring is 1. The highest BCUT2D eigenvalue weighted by atomic mass is 16.5. The van der Waals surface area contributed by atoms with Gasteiger partial charge in [-0.15, -0.1) is 0 Å². The fourth-order valence-electron chi connectivity index (χ4n) is 3.59. The zero-order valence-corrected chi connectivity index (χ0v) is 15.9. The molecule has 2 heterocycles. The number of hydrogen-bond donors (Lipinski definition) is 2. The van der Waals surface area contributed by atoms with Crippen molar-refractivity contribution >= 4 is 5.95 Å². The summed E-state index contributed by atoms with van der Waals surface area (Å²) in [6.07, 6.45) is 4.33. The second-order valence-corrected chi connectivity index (χ2v) is 6.86. The molecular formula is C20H29N5O2. The largest absolute Gasteiger partial charge is 0.494 e. The van der Waals surface area contributed by atoms with Crippen molar-refractivity contribution in [1.29, 1.82) is 0 Å². The summed E-state index contributed by atoms with van der Waals surface area (Å²) in [6, 6.07) is 8.51. The summed E-state index contributed by atoms with van der Waals surface area (Å²) in [6.45, 7) is 7.30. The number of nitrogens with two attached hydrogens (primary N) is 1. The lowest BCUT2D eigenvalue weighted by atomic mass is 10.1. The van der Waals surface area contributed by atoms with Crippen molar-refractivity contribution in [3.05, 3.63) is 47.8 Å². The van der Waals surface area contributed by atoms with Crippen LogP contribution in [0, 0.1) is 0 Å². The Morgan fingerprint density at radius 3 is 2.70 bits per heavy atom. The Labute approximate surface area is 160 Å². The van der Waals surface area contributed by atoms with Gasteiger partial charge in [0.25, 0.3) is 0 Å². The van der Waals surface area contributed by atoms with Crippen LogP contribution in [0.4, 0.5) is 5.95 Å². The first-order valence-corrected chi connectivity index (χ1v) is 9.54. The first kappa shape index (κ1) is 19.5. The highest BCUT2D eigenvalue weighted by Crippen LogP contribution is 2.23. The Morgan fingerprint density at radius 1 is 1.19 bits per heavy atom. The average Bonchev–Trinajstić information content (AvgIpc) is 2.67. The predicted molar refractivity (Wildman–Crippen MR) is 105 cm³/mol. The van der Waals surface area contributed by atoms with Gasteiger partial charge in [-0.2, -0.15) is 0 Å². The summed E-state index contributed by atoms with van der Waals surface area (Å²) in [5, 5.41) is 9.54. The van der Waals surface area contributed by atoms with E-state index >= 15 is 0 Å². The first-order chi connectivity index (χ1) is 13.2. The zero-order chi connectivity index (χ0) is 19.1. The lowest BCUT2D eigenvalue weighted by Crippen LogP contribution is -2.52. The minimum absolute atomic E-state index is 0.188. The molecular weight excluding hydrogens is 342 g/mol. The molecule has 1 atom stereocenters. The van der Waals surface area contributed by atoms with E-state index in [-0.39, 0.29) is 6.61 Å². The van der Waals surface area contributed by atoms with Crippen molar-refractivity contribution in [2.24, 2.45) is 0 Å². The van der Waals surface area contributed by atoms with Gasteiger partial charge in [0.05, 0.1) is 6.61 Å². The summed E-state index contributed by atoms with van der Waals surface area (Å²) in [4.78, 5) is 13.0. The highest BCUT2D eigenvalue weighted by Gasteiger charge is 2.27. The van der Waals surface area contributed by atoms with Crippen LogP contribution in [0.15, 0.2) is 36.7 Å². The van der Waals surface area contributed by atoms with Gasteiger partial charge in [0, 0.05) is 68.9 Å². The van der Waals surface area contributed by atoms with Gasteiger partial charge in [0.1, 0.15) is 5.75 Å². The van der Waals surface area contributed by atoms with Crippen LogP contribution in [0.25, 0.3) is 0 Å². The third-order valence-corrected chi connectivity index (χ3v) is 4.93. The maximum absolute atomic E-state index is 9.54. The molecule has 0 radical (unpaired) electrons. The molecule has 1 aromatic carbocycles. The molecule has 0 saturated carbocycles. The molecule has 0 bridgehead atoms. The number of para-hydroxylation sites is 1. The number of aromatic nitrogens is 2. The number of aliphatic hydroxyl groups is 1. The summed E-state index contributed by atoms with van der Waals surface area (Å²) >= 11 is 0. The molecule has 7 nitrogen and oxygen atoms in total. The first-order valence-electron chi connectivity index (χ1n) is 9.54. The molecule has 0 amide bonds. The maximum Gasteiger partial charge on any atom is 0.219 e. The third-order valence-electron chi connectivity index (χ3n) is 4.93. The summed E-state index contributed by atoms with van der Waals surface area (Å²) in [5.41, 5.74) is 7.82. The van der Waals surface area contributed by atoms with Crippen LogP contribution in [0.3, 0.4) is 0 Å². The highest BCUT2D eigenvalue weighted by molar-refractivity contribution is 5.33. The van der Waals surface area contributed by atoms with Crippen LogP contribution < -0.4 is 10.5 Å². The number of piperazine rings is 1. The summed E-state index contributed by atoms with van der Waals surface area (Å²) in [7, 11) is 0. The van der Waals surface area contributed by atoms with Gasteiger partial charge >= 0.3 is 0 Å². The zero-order valence-electron chi connectivity index (χ0n) is 15.9. The van der Waals surface area contributed by atoms with Crippen LogP contribution in [-0.2, 0) is 13.1 Å². The predicted octanol–water partition coefficient (Wildman–Crippen LogP) is 1.53. The van der Waals surface area contributed by atoms with E-state index in [0.717, 1.165) is 50.5 Å². The number of hydrogen-bond acceptors (Lipinski definition) is 7. The van der Waals surface area contributed by atoms with Gasteiger partial charge in [-0.1, -0.05) is 18.2 Å². The number of ether oxygens (including phenoxy) is 1. The van der Waals surface area contributed by atoms with E-state index in [2.05, 4.69) is 31.9 Å². The molecule has 1 aliphatic heterocycles. The lowest BCUT2D eigenvalue weighted by Gasteiger charge is -2.41. The SMILES string of the molecule is CCOc1ccccc1CN1CCN(Cc2cnc(N)nc2)C[C@H]1CCO. The van der Waals surface area contributed by atoms with E-state index in [9.17, 15) is 5.11 Å². The quantitative estimate of drug-likeness (QED) is 0.727. The molecule has 3 rings (SSSR count). The standard InChI is InChI=1S/C20H29N5O2/c1-2-27-19-6-4-3-5-17(19)14-25-9-8-24(15-18(25)7-10-26)13-16-11-22-20(21)23-12-16/h3-6,11-12,18,26H,2,7-10,13-15H2,1H3,(H2,21,22,23)/t18-/m1/s1. The summed E-state index contributed by atoms with van der Waals surface area (Å²) < 4.78 is 5.77. The minimum atomic E-state index is 0.188. The van der Waals surface area contributed by atoms with E-state index in [1.165, 1.54) is 5.56 Å². The molecule has 1 fully saturated rings. The topological polar surface area (TPSA) is 87.7 Å². The van der Waals surface area contributed by atoms with E-state index in [0.29, 0.717) is 18.6 Å². The fraction of sp³-hybridized carbons (Fsp3) is 0.500. The van der Waals surface area contributed by atoms with E-state index < -0.39 is 0 Å². The van der Waals surface area contributed by atoms with Crippen LogP contribution in [0.5, 0.6) is 5.75 Å². The van der Waals surface area contributed by atoms with Crippen LogP contribution in [-0.4, -0.2) is 63.8 Å². The van der Waals surface area contributed by atoms with Crippen LogP contribution >= 0.6 is 0 Å². The van der Waals surface area contributed by atoms with Gasteiger partial charge in [0.2, 0.25) is 5.95 Å². The van der Waals surface area contributed by atoms with Crippen molar-refractivity contribution < 1.29 is 9.84 Å². The Kier molecular flexibility index (Phi) is 6.98. The molecule has 0 aliphatic carbocycles. The van der Waals surface area contributed by atoms with Gasteiger partial charge in [-0.25, -0.2) is 9.97 Å². The van der Waals surface area contributed by atoms with E-state index in [4.69, 9.17) is 10.5 Å². The van der Waals surface area contributed by atoms with E-state index in [1.54, 1.807) is 12.4 Å². The smallest absolute Gasteiger partial charge is 0.219 e. The Balaban J connectivity index is 1.65. The number of aliphatic hydroxyl groups excluding tert-OH is 1. The molecule has 1 aliphatic rings. The molecule has 2 aromatic rings. The lowest BCUT2D eigenvalue weighted by molar-refractivity contribution is 0.0493. The second-order valence-electron chi connectivity index (χ2n) is 6.86. The maximum atomic E-state index is 9.54. The fourth-order valence-corrected chi connectivity index (χ4v) is 3.59. The number of rotatable bonds is 8. The van der Waals surface area contributed by atoms with Gasteiger partial charge in [-0.05, 0) is 19.4 Å². The van der Waals surface area contributed by atoms with Crippen molar-refractivity contribution in [2.75, 3.05) is 38.6 Å². The Morgan fingerprint density at radius 2 is 1.96 bits per heavy atom. The number of anilines is 1.